The van der Waals surface area contributed by atoms with Crippen LogP contribution in [-0.4, -0.2) is 32.1 Å². The van der Waals surface area contributed by atoms with Crippen LogP contribution in [-0.2, 0) is 17.9 Å². The Morgan fingerprint density at radius 3 is 2.77 bits per heavy atom. The number of carbonyl (C=O) groups is 1. The Balaban J connectivity index is 1.62. The van der Waals surface area contributed by atoms with Crippen LogP contribution in [0.2, 0.25) is 0 Å². The summed E-state index contributed by atoms with van der Waals surface area (Å²) in [5, 5.41) is 2.77. The Bertz CT molecular complexity index is 1310. The zero-order chi connectivity index (χ0) is 21.8. The molecule has 1 amide bonds. The minimum absolute atomic E-state index is 0.0691. The maximum absolute atomic E-state index is 12.9. The van der Waals surface area contributed by atoms with Crippen LogP contribution in [0.1, 0.15) is 5.56 Å². The number of ether oxygens (including phenoxy) is 1. The fraction of sp³-hybridized carbons (Fsp3) is 0.136. The van der Waals surface area contributed by atoms with E-state index in [2.05, 4.69) is 15.3 Å². The predicted octanol–water partition coefficient (Wildman–Crippen LogP) is 1.60. The van der Waals surface area contributed by atoms with Gasteiger partial charge in [-0.05, 0) is 35.9 Å². The number of pyridine rings is 2. The van der Waals surface area contributed by atoms with E-state index in [0.717, 1.165) is 4.57 Å². The van der Waals surface area contributed by atoms with Crippen molar-refractivity contribution in [2.45, 2.75) is 13.1 Å². The van der Waals surface area contributed by atoms with Crippen molar-refractivity contribution in [3.63, 3.8) is 0 Å². The summed E-state index contributed by atoms with van der Waals surface area (Å²) < 4.78 is 7.68. The molecule has 0 fully saturated rings. The summed E-state index contributed by atoms with van der Waals surface area (Å²) in [6, 6.07) is 13.7. The van der Waals surface area contributed by atoms with Gasteiger partial charge in [-0.15, -0.1) is 0 Å². The number of anilines is 1. The third-order valence-electron chi connectivity index (χ3n) is 4.68. The summed E-state index contributed by atoms with van der Waals surface area (Å²) in [7, 11) is 1.54. The number of methoxy groups -OCH3 is 1. The van der Waals surface area contributed by atoms with Crippen molar-refractivity contribution in [1.29, 1.82) is 0 Å². The van der Waals surface area contributed by atoms with E-state index in [-0.39, 0.29) is 30.4 Å². The molecule has 0 bridgehead atoms. The van der Waals surface area contributed by atoms with Gasteiger partial charge in [0.15, 0.2) is 5.82 Å². The number of hydrogen-bond donors (Lipinski definition) is 1. The van der Waals surface area contributed by atoms with E-state index in [1.54, 1.807) is 74.2 Å². The topological polar surface area (TPSA) is 108 Å². The third kappa shape index (κ3) is 4.35. The van der Waals surface area contributed by atoms with Gasteiger partial charge in [0, 0.05) is 30.3 Å². The second-order valence-electron chi connectivity index (χ2n) is 6.80. The summed E-state index contributed by atoms with van der Waals surface area (Å²) in [6.45, 7) is -0.0489. The molecule has 1 N–H and O–H groups in total. The van der Waals surface area contributed by atoms with Crippen molar-refractivity contribution in [1.82, 2.24) is 19.1 Å². The molecule has 1 aromatic carbocycles. The van der Waals surface area contributed by atoms with Gasteiger partial charge in [-0.3, -0.25) is 19.1 Å². The quantitative estimate of drug-likeness (QED) is 0.511. The summed E-state index contributed by atoms with van der Waals surface area (Å²) >= 11 is 0. The average molecular weight is 417 g/mol. The molecule has 31 heavy (non-hydrogen) atoms. The molecule has 1 aromatic heterocycles. The first-order valence-electron chi connectivity index (χ1n) is 9.48. The number of rotatable bonds is 6. The number of amides is 1. The van der Waals surface area contributed by atoms with Crippen LogP contribution in [0.15, 0.2) is 76.7 Å². The first kappa shape index (κ1) is 20.0. The zero-order valence-corrected chi connectivity index (χ0v) is 16.7. The maximum atomic E-state index is 12.9. The number of nitrogens with one attached hydrogen (secondary N) is 1. The van der Waals surface area contributed by atoms with E-state index >= 15 is 0 Å². The minimum atomic E-state index is -0.686. The molecule has 2 aliphatic rings. The molecule has 156 valence electrons. The van der Waals surface area contributed by atoms with Gasteiger partial charge in [0.05, 0.1) is 19.2 Å². The Hall–Kier alpha value is -4.27. The number of nitrogens with zero attached hydrogens (tertiary/aromatic N) is 4. The van der Waals surface area contributed by atoms with E-state index < -0.39 is 11.2 Å². The minimum Gasteiger partial charge on any atom is -0.497 e. The van der Waals surface area contributed by atoms with E-state index in [1.165, 1.54) is 4.57 Å². The monoisotopic (exact) mass is 417 g/mol. The summed E-state index contributed by atoms with van der Waals surface area (Å²) in [5.41, 5.74) is 0.377. The molecule has 3 heterocycles. The number of fused-ring (bicyclic) bond motifs is 1. The van der Waals surface area contributed by atoms with Crippen molar-refractivity contribution in [2.24, 2.45) is 0 Å². The summed E-state index contributed by atoms with van der Waals surface area (Å²) in [5.74, 6) is 0.433. The molecule has 9 heteroatoms. The first-order chi connectivity index (χ1) is 15.0. The van der Waals surface area contributed by atoms with Crippen LogP contribution in [0.5, 0.6) is 5.75 Å². The van der Waals surface area contributed by atoms with Crippen LogP contribution < -0.4 is 21.3 Å². The standard InChI is InChI=1S/C22H19N5O4/c1-31-17-7-2-6-16(11-17)24-19(28)14-26-10-4-8-18-20(26)25-22(30)27(21(18)29)13-15-5-3-9-23-12-15/h2-12H,13-14H2,1H3,(H,24,28). The van der Waals surface area contributed by atoms with Crippen molar-refractivity contribution < 1.29 is 9.53 Å². The molecule has 2 aromatic rings. The Morgan fingerprint density at radius 2 is 2.00 bits per heavy atom. The van der Waals surface area contributed by atoms with Crippen LogP contribution in [0.3, 0.4) is 0 Å². The molecule has 0 spiro atoms. The number of benzene rings is 1. The maximum Gasteiger partial charge on any atom is 0.352 e. The highest BCUT2D eigenvalue weighted by Gasteiger charge is 2.18. The van der Waals surface area contributed by atoms with E-state index in [0.29, 0.717) is 17.0 Å². The molecule has 0 radical (unpaired) electrons. The lowest BCUT2D eigenvalue weighted by molar-refractivity contribution is -0.116. The van der Waals surface area contributed by atoms with Crippen LogP contribution in [0, 0.1) is 0 Å². The number of aromatic nitrogens is 4. The van der Waals surface area contributed by atoms with Gasteiger partial charge in [0.2, 0.25) is 5.91 Å². The highest BCUT2D eigenvalue weighted by molar-refractivity contribution is 5.91. The highest BCUT2D eigenvalue weighted by atomic mass is 16.5. The third-order valence-corrected chi connectivity index (χ3v) is 4.68. The van der Waals surface area contributed by atoms with Gasteiger partial charge in [0.1, 0.15) is 12.3 Å². The molecule has 9 nitrogen and oxygen atoms in total. The average Bonchev–Trinajstić information content (AvgIpc) is 2.78. The van der Waals surface area contributed by atoms with Gasteiger partial charge < -0.3 is 14.6 Å². The molecule has 0 saturated heterocycles. The Kier molecular flexibility index (Phi) is 5.57. The smallest absolute Gasteiger partial charge is 0.352 e. The van der Waals surface area contributed by atoms with Gasteiger partial charge >= 0.3 is 5.69 Å². The van der Waals surface area contributed by atoms with Crippen molar-refractivity contribution >= 4 is 11.6 Å². The Morgan fingerprint density at radius 1 is 1.13 bits per heavy atom. The van der Waals surface area contributed by atoms with Crippen LogP contribution in [0.25, 0.3) is 11.4 Å². The summed E-state index contributed by atoms with van der Waals surface area (Å²) in [6.07, 6.45) is 4.80. The second-order valence-corrected chi connectivity index (χ2v) is 6.80. The lowest BCUT2D eigenvalue weighted by atomic mass is 10.2. The Labute approximate surface area is 176 Å². The van der Waals surface area contributed by atoms with Crippen molar-refractivity contribution in [3.05, 3.63) is 93.5 Å². The molecule has 2 aliphatic heterocycles. The van der Waals surface area contributed by atoms with E-state index in [1.807, 2.05) is 0 Å². The fourth-order valence-corrected chi connectivity index (χ4v) is 3.21. The predicted molar refractivity (Wildman–Crippen MR) is 114 cm³/mol. The lowest BCUT2D eigenvalue weighted by Crippen LogP contribution is -2.38. The fourth-order valence-electron chi connectivity index (χ4n) is 3.21. The van der Waals surface area contributed by atoms with Gasteiger partial charge in [-0.25, -0.2) is 4.79 Å². The molecule has 4 rings (SSSR count). The van der Waals surface area contributed by atoms with E-state index in [4.69, 9.17) is 4.74 Å². The molecule has 0 atom stereocenters. The number of carbonyl (C=O) groups excluding carboxylic acids is 1. The van der Waals surface area contributed by atoms with Crippen molar-refractivity contribution in [2.75, 3.05) is 12.4 Å². The zero-order valence-electron chi connectivity index (χ0n) is 16.7. The normalized spacial score (nSPS) is 10.7. The SMILES string of the molecule is COc1cccc(NC(=O)Cn2cccc3c(=O)n(Cc4cccnc4)c(=O)nc2-3)c1. The van der Waals surface area contributed by atoms with Gasteiger partial charge in [0.25, 0.3) is 5.56 Å². The van der Waals surface area contributed by atoms with Crippen LogP contribution >= 0.6 is 0 Å². The molecule has 0 aliphatic carbocycles. The highest BCUT2D eigenvalue weighted by Crippen LogP contribution is 2.17. The van der Waals surface area contributed by atoms with Gasteiger partial charge in [-0.1, -0.05) is 12.1 Å². The number of hydrogen-bond acceptors (Lipinski definition) is 6. The van der Waals surface area contributed by atoms with Crippen LogP contribution in [0.4, 0.5) is 5.69 Å². The largest absolute Gasteiger partial charge is 0.497 e. The van der Waals surface area contributed by atoms with Gasteiger partial charge in [-0.2, -0.15) is 4.98 Å². The summed E-state index contributed by atoms with van der Waals surface area (Å²) in [4.78, 5) is 46.1. The molecule has 0 saturated carbocycles. The second kappa shape index (κ2) is 8.62. The lowest BCUT2D eigenvalue weighted by Gasteiger charge is -2.15. The molecular formula is C22H19N5O4. The van der Waals surface area contributed by atoms with Crippen molar-refractivity contribution in [3.8, 4) is 17.1 Å². The first-order valence-corrected chi connectivity index (χ1v) is 9.48. The molecule has 0 unspecified atom stereocenters. The van der Waals surface area contributed by atoms with E-state index in [9.17, 15) is 14.4 Å². The molecular weight excluding hydrogens is 398 g/mol.